The van der Waals surface area contributed by atoms with E-state index in [-0.39, 0.29) is 11.5 Å². The summed E-state index contributed by atoms with van der Waals surface area (Å²) in [4.78, 5) is 14.0. The summed E-state index contributed by atoms with van der Waals surface area (Å²) in [6.07, 6.45) is 0. The van der Waals surface area contributed by atoms with E-state index in [0.29, 0.717) is 20.9 Å². The van der Waals surface area contributed by atoms with E-state index >= 15 is 0 Å². The molecule has 3 aromatic rings. The van der Waals surface area contributed by atoms with Crippen molar-refractivity contribution in [1.29, 1.82) is 5.26 Å². The zero-order valence-electron chi connectivity index (χ0n) is 13.5. The number of ketones is 1. The third-order valence-corrected chi connectivity index (χ3v) is 6.65. The van der Waals surface area contributed by atoms with E-state index < -0.39 is 9.93 Å². The Morgan fingerprint density at radius 3 is 1.72 bits per heavy atom. The van der Waals surface area contributed by atoms with E-state index in [1.165, 1.54) is 0 Å². The lowest BCUT2D eigenvalue weighted by atomic mass is 10.1. The van der Waals surface area contributed by atoms with Gasteiger partial charge in [-0.15, -0.1) is 0 Å². The van der Waals surface area contributed by atoms with Crippen LogP contribution in [0.15, 0.2) is 94.7 Å². The molecule has 0 aliphatic rings. The van der Waals surface area contributed by atoms with Crippen molar-refractivity contribution in [3.63, 3.8) is 0 Å². The molecule has 3 nitrogen and oxygen atoms in total. The highest BCUT2D eigenvalue weighted by Gasteiger charge is 2.37. The number of nitriles is 1. The van der Waals surface area contributed by atoms with Crippen molar-refractivity contribution in [3.8, 4) is 6.07 Å². The molecule has 0 unspecified atom stereocenters. The number of carbonyl (C=O) groups excluding carboxylic acids is 1. The molecule has 0 amide bonds. The summed E-state index contributed by atoms with van der Waals surface area (Å²) in [6, 6.07) is 26.6. The van der Waals surface area contributed by atoms with Gasteiger partial charge in [0.05, 0.1) is 11.6 Å². The summed E-state index contributed by atoms with van der Waals surface area (Å²) < 4.78 is 13.8. The molecule has 25 heavy (non-hydrogen) atoms. The van der Waals surface area contributed by atoms with Crippen LogP contribution in [0.4, 0.5) is 0 Å². The van der Waals surface area contributed by atoms with Crippen molar-refractivity contribution in [2.24, 2.45) is 0 Å². The maximum atomic E-state index is 13.8. The zero-order valence-corrected chi connectivity index (χ0v) is 14.3. The molecule has 0 fully saturated rings. The molecule has 0 saturated carbocycles. The van der Waals surface area contributed by atoms with Crippen LogP contribution in [0.1, 0.15) is 15.9 Å². The van der Waals surface area contributed by atoms with Crippen LogP contribution in [0, 0.1) is 11.3 Å². The SMILES string of the molecule is N#Cc1ccc(C(=O)C[S+](=O)(c2ccccc2)c2ccccc2)cc1. The lowest BCUT2D eigenvalue weighted by Crippen LogP contribution is -2.23. The van der Waals surface area contributed by atoms with Gasteiger partial charge in [-0.1, -0.05) is 40.6 Å². The molecule has 122 valence electrons. The molecule has 0 bridgehead atoms. The average molecular weight is 346 g/mol. The lowest BCUT2D eigenvalue weighted by molar-refractivity contribution is 0.102. The molecule has 3 rings (SSSR count). The third-order valence-electron chi connectivity index (χ3n) is 3.92. The van der Waals surface area contributed by atoms with Gasteiger partial charge in [0.2, 0.25) is 5.78 Å². The van der Waals surface area contributed by atoms with Crippen LogP contribution in [-0.4, -0.2) is 11.5 Å². The molecule has 0 atom stereocenters. The van der Waals surface area contributed by atoms with Crippen molar-refractivity contribution in [3.05, 3.63) is 96.1 Å². The second kappa shape index (κ2) is 7.25. The number of nitrogens with zero attached hydrogens (tertiary/aromatic N) is 1. The Kier molecular flexibility index (Phi) is 4.87. The van der Waals surface area contributed by atoms with Crippen molar-refractivity contribution in [2.75, 3.05) is 5.75 Å². The molecule has 0 radical (unpaired) electrons. The quantitative estimate of drug-likeness (QED) is 0.509. The molecule has 0 heterocycles. The third kappa shape index (κ3) is 3.57. The standard InChI is InChI=1S/C21H16NO2S/c22-15-17-11-13-18(14-12-17)21(23)16-25(24,19-7-3-1-4-8-19)20-9-5-2-6-10-20/h1-14H,16H2/q+1. The van der Waals surface area contributed by atoms with Crippen LogP contribution in [0.2, 0.25) is 0 Å². The fraction of sp³-hybridized carbons (Fsp3) is 0.0476. The fourth-order valence-corrected chi connectivity index (χ4v) is 4.92. The van der Waals surface area contributed by atoms with E-state index in [2.05, 4.69) is 0 Å². The summed E-state index contributed by atoms with van der Waals surface area (Å²) in [7, 11) is -2.72. The first-order chi connectivity index (χ1) is 12.1. The summed E-state index contributed by atoms with van der Waals surface area (Å²) in [5.74, 6) is -0.311. The molecule has 0 aromatic heterocycles. The zero-order chi connectivity index (χ0) is 17.7. The minimum absolute atomic E-state index is 0.104. The minimum atomic E-state index is -2.72. The van der Waals surface area contributed by atoms with E-state index in [1.54, 1.807) is 48.5 Å². The van der Waals surface area contributed by atoms with Gasteiger partial charge in [0.1, 0.15) is 0 Å². The van der Waals surface area contributed by atoms with Crippen molar-refractivity contribution >= 4 is 15.7 Å². The highest BCUT2D eigenvalue weighted by atomic mass is 32.2. The molecule has 0 aliphatic carbocycles. The Labute approximate surface area is 148 Å². The normalized spacial score (nSPS) is 10.8. The van der Waals surface area contributed by atoms with Gasteiger partial charge < -0.3 is 0 Å². The summed E-state index contributed by atoms with van der Waals surface area (Å²) in [5.41, 5.74) is 0.946. The predicted octanol–water partition coefficient (Wildman–Crippen LogP) is 4.36. The van der Waals surface area contributed by atoms with Gasteiger partial charge in [-0.05, 0) is 48.5 Å². The molecule has 0 saturated heterocycles. The summed E-state index contributed by atoms with van der Waals surface area (Å²) >= 11 is 0. The smallest absolute Gasteiger partial charge is 0.212 e. The molecular weight excluding hydrogens is 330 g/mol. The molecular formula is C21H16NO2S+. The van der Waals surface area contributed by atoms with Gasteiger partial charge in [-0.2, -0.15) is 5.26 Å². The van der Waals surface area contributed by atoms with Crippen molar-refractivity contribution in [1.82, 2.24) is 0 Å². The highest BCUT2D eigenvalue weighted by molar-refractivity contribution is 8.03. The second-order valence-electron chi connectivity index (χ2n) is 5.56. The van der Waals surface area contributed by atoms with Crippen LogP contribution in [0.5, 0.6) is 0 Å². The number of hydrogen-bond donors (Lipinski definition) is 0. The van der Waals surface area contributed by atoms with Gasteiger partial charge in [-0.25, -0.2) is 0 Å². The van der Waals surface area contributed by atoms with Gasteiger partial charge in [0.25, 0.3) is 0 Å². The highest BCUT2D eigenvalue weighted by Crippen LogP contribution is 2.29. The van der Waals surface area contributed by atoms with Crippen LogP contribution in [-0.2, 0) is 14.1 Å². The molecule has 0 spiro atoms. The van der Waals surface area contributed by atoms with Gasteiger partial charge in [0, 0.05) is 5.56 Å². The first-order valence-electron chi connectivity index (χ1n) is 7.79. The topological polar surface area (TPSA) is 57.9 Å². The van der Waals surface area contributed by atoms with Crippen LogP contribution >= 0.6 is 0 Å². The van der Waals surface area contributed by atoms with Crippen molar-refractivity contribution < 1.29 is 9.00 Å². The Bertz CT molecular complexity index is 915. The molecule has 3 aromatic carbocycles. The Morgan fingerprint density at radius 2 is 1.28 bits per heavy atom. The van der Waals surface area contributed by atoms with Gasteiger partial charge in [-0.3, -0.25) is 4.79 Å². The maximum absolute atomic E-state index is 13.8. The molecule has 4 heteroatoms. The largest absolute Gasteiger partial charge is 0.289 e. The fourth-order valence-electron chi connectivity index (χ4n) is 2.58. The summed E-state index contributed by atoms with van der Waals surface area (Å²) in [6.45, 7) is 0. The predicted molar refractivity (Wildman–Crippen MR) is 97.8 cm³/mol. The van der Waals surface area contributed by atoms with Gasteiger partial charge in [0.15, 0.2) is 25.5 Å². The number of benzene rings is 3. The molecule has 0 aliphatic heterocycles. The number of hydrogen-bond acceptors (Lipinski definition) is 3. The first-order valence-corrected chi connectivity index (χ1v) is 9.51. The monoisotopic (exact) mass is 346 g/mol. The van der Waals surface area contributed by atoms with Crippen molar-refractivity contribution in [2.45, 2.75) is 9.79 Å². The molecule has 0 N–H and O–H groups in total. The van der Waals surface area contributed by atoms with E-state index in [9.17, 15) is 9.00 Å². The Morgan fingerprint density at radius 1 is 0.800 bits per heavy atom. The van der Waals surface area contributed by atoms with Crippen LogP contribution in [0.3, 0.4) is 0 Å². The van der Waals surface area contributed by atoms with E-state index in [0.717, 1.165) is 0 Å². The summed E-state index contributed by atoms with van der Waals surface area (Å²) in [5, 5.41) is 8.87. The van der Waals surface area contributed by atoms with Gasteiger partial charge >= 0.3 is 0 Å². The van der Waals surface area contributed by atoms with Crippen LogP contribution < -0.4 is 0 Å². The Hall–Kier alpha value is -3.03. The van der Waals surface area contributed by atoms with E-state index in [4.69, 9.17) is 5.26 Å². The number of carbonyl (C=O) groups is 1. The Balaban J connectivity index is 2.00. The minimum Gasteiger partial charge on any atom is -0.289 e. The lowest BCUT2D eigenvalue weighted by Gasteiger charge is -2.11. The first kappa shape index (κ1) is 16.8. The average Bonchev–Trinajstić information content (AvgIpc) is 2.69. The maximum Gasteiger partial charge on any atom is 0.212 e. The van der Waals surface area contributed by atoms with Crippen LogP contribution in [0.25, 0.3) is 0 Å². The second-order valence-corrected chi connectivity index (χ2v) is 8.14. The number of rotatable bonds is 5. The van der Waals surface area contributed by atoms with E-state index in [1.807, 2.05) is 42.5 Å². The number of Topliss-reactive ketones (excluding diaryl/α,β-unsaturated/α-hetero) is 1.